The van der Waals surface area contributed by atoms with E-state index in [4.69, 9.17) is 0 Å². The third kappa shape index (κ3) is 3.46. The summed E-state index contributed by atoms with van der Waals surface area (Å²) in [5.74, 6) is 0. The molecule has 26 heavy (non-hydrogen) atoms. The Hall–Kier alpha value is -2.72. The largest absolute Gasteiger partial charge is 0.417 e. The normalized spacial score (nSPS) is 12.9. The van der Waals surface area contributed by atoms with Crippen LogP contribution in [0.1, 0.15) is 17.7 Å². The van der Waals surface area contributed by atoms with Gasteiger partial charge in [0.15, 0.2) is 0 Å². The number of fused-ring (bicyclic) bond motifs is 1. The van der Waals surface area contributed by atoms with E-state index >= 15 is 0 Å². The lowest BCUT2D eigenvalue weighted by Gasteiger charge is -2.11. The Bertz CT molecular complexity index is 1010. The smallest absolute Gasteiger partial charge is 0.344 e. The van der Waals surface area contributed by atoms with E-state index in [0.29, 0.717) is 5.69 Å². The lowest BCUT2D eigenvalue weighted by molar-refractivity contribution is -0.137. The number of aromatic amines is 1. The summed E-state index contributed by atoms with van der Waals surface area (Å²) in [7, 11) is 0. The van der Waals surface area contributed by atoms with Gasteiger partial charge in [-0.05, 0) is 13.0 Å². The quantitative estimate of drug-likeness (QED) is 0.706. The van der Waals surface area contributed by atoms with Crippen LogP contribution in [-0.2, 0) is 12.7 Å². The zero-order valence-electron chi connectivity index (χ0n) is 13.2. The molecule has 140 valence electrons. The van der Waals surface area contributed by atoms with Crippen LogP contribution in [0.4, 0.5) is 26.3 Å². The molecule has 1 N–H and O–H groups in total. The Morgan fingerprint density at radius 3 is 2.46 bits per heavy atom. The van der Waals surface area contributed by atoms with Gasteiger partial charge in [0, 0.05) is 30.2 Å². The van der Waals surface area contributed by atoms with Gasteiger partial charge in [-0.25, -0.2) is 0 Å². The highest BCUT2D eigenvalue weighted by Crippen LogP contribution is 2.36. The molecule has 0 unspecified atom stereocenters. The zero-order chi connectivity index (χ0) is 19.3. The van der Waals surface area contributed by atoms with E-state index in [0.717, 1.165) is 27.5 Å². The minimum Gasteiger partial charge on any atom is -0.344 e. The number of H-pyrrole nitrogens is 1. The first-order valence-corrected chi connectivity index (χ1v) is 7.37. The van der Waals surface area contributed by atoms with E-state index in [-0.39, 0.29) is 11.2 Å². The number of nitrogens with zero attached hydrogens (tertiary/aromatic N) is 3. The van der Waals surface area contributed by atoms with Crippen molar-refractivity contribution in [1.82, 2.24) is 19.2 Å². The molecule has 0 amide bonds. The number of pyridine rings is 1. The summed E-state index contributed by atoms with van der Waals surface area (Å²) in [6.07, 6.45) is -7.14. The van der Waals surface area contributed by atoms with Gasteiger partial charge in [0.05, 0.1) is 23.7 Å². The molecular formula is C15H12F6N4O. The summed E-state index contributed by atoms with van der Waals surface area (Å²) in [6.45, 7) is 1.02. The summed E-state index contributed by atoms with van der Waals surface area (Å²) < 4.78 is 79.0. The summed E-state index contributed by atoms with van der Waals surface area (Å²) in [4.78, 5) is 15.2. The maximum atomic E-state index is 13.4. The van der Waals surface area contributed by atoms with E-state index < -0.39 is 42.0 Å². The Labute approximate surface area is 141 Å². The van der Waals surface area contributed by atoms with E-state index in [1.54, 1.807) is 6.92 Å². The van der Waals surface area contributed by atoms with E-state index in [1.807, 2.05) is 0 Å². The number of hydrogen-bond donors (Lipinski definition) is 1. The van der Waals surface area contributed by atoms with Gasteiger partial charge >= 0.3 is 12.4 Å². The van der Waals surface area contributed by atoms with Crippen LogP contribution in [0.5, 0.6) is 0 Å². The molecule has 0 spiro atoms. The lowest BCUT2D eigenvalue weighted by Crippen LogP contribution is -2.20. The van der Waals surface area contributed by atoms with Crippen LogP contribution >= 0.6 is 0 Å². The minimum atomic E-state index is -4.82. The van der Waals surface area contributed by atoms with E-state index in [9.17, 15) is 31.1 Å². The highest BCUT2D eigenvalue weighted by Gasteiger charge is 2.36. The highest BCUT2D eigenvalue weighted by atomic mass is 19.4. The van der Waals surface area contributed by atoms with Crippen molar-refractivity contribution in [1.29, 1.82) is 0 Å². The van der Waals surface area contributed by atoms with Crippen LogP contribution in [0.15, 0.2) is 29.5 Å². The molecule has 3 aromatic rings. The van der Waals surface area contributed by atoms with Gasteiger partial charge in [0.25, 0.3) is 5.56 Å². The van der Waals surface area contributed by atoms with Crippen molar-refractivity contribution in [3.63, 3.8) is 0 Å². The standard InChI is InChI=1S/C15H12F6N4O/c1-8-6-25-11(23-8)4-10(15(19,20)21)12(13(25)26)9-5-22-24(7-9)3-2-14(16,17)18/h4-7,23H,2-3H2,1H3. The SMILES string of the molecule is Cc1cn2c(=O)c(-c3cnn(CCC(F)(F)F)c3)c(C(F)(F)F)cc2[nH]1. The molecule has 3 heterocycles. The molecule has 3 aromatic heterocycles. The van der Waals surface area contributed by atoms with Gasteiger partial charge in [-0.3, -0.25) is 13.9 Å². The van der Waals surface area contributed by atoms with Crippen molar-refractivity contribution < 1.29 is 26.3 Å². The van der Waals surface area contributed by atoms with Gasteiger partial charge in [-0.1, -0.05) is 0 Å². The monoisotopic (exact) mass is 378 g/mol. The van der Waals surface area contributed by atoms with Crippen molar-refractivity contribution >= 4 is 5.65 Å². The average molecular weight is 378 g/mol. The third-order valence-electron chi connectivity index (χ3n) is 3.74. The number of hydrogen-bond acceptors (Lipinski definition) is 2. The molecular weight excluding hydrogens is 366 g/mol. The molecule has 11 heteroatoms. The number of aryl methyl sites for hydroxylation is 2. The Morgan fingerprint density at radius 1 is 1.15 bits per heavy atom. The predicted octanol–water partition coefficient (Wildman–Crippen LogP) is 3.77. The van der Waals surface area contributed by atoms with Crippen LogP contribution in [0, 0.1) is 6.92 Å². The fourth-order valence-corrected chi connectivity index (χ4v) is 2.63. The summed E-state index contributed by atoms with van der Waals surface area (Å²) in [5, 5.41) is 3.64. The average Bonchev–Trinajstić information content (AvgIpc) is 3.09. The number of imidazole rings is 1. The molecule has 0 bridgehead atoms. The second-order valence-electron chi connectivity index (χ2n) is 5.79. The molecule has 0 fully saturated rings. The van der Waals surface area contributed by atoms with Crippen molar-refractivity contribution in [3.8, 4) is 11.1 Å². The van der Waals surface area contributed by atoms with Crippen molar-refractivity contribution in [3.05, 3.63) is 46.3 Å². The lowest BCUT2D eigenvalue weighted by atomic mass is 10.0. The second-order valence-corrected chi connectivity index (χ2v) is 5.79. The maximum Gasteiger partial charge on any atom is 0.417 e. The second kappa shape index (κ2) is 5.92. The topological polar surface area (TPSA) is 55.1 Å². The summed E-state index contributed by atoms with van der Waals surface area (Å²) in [5.41, 5.74) is -2.53. The van der Waals surface area contributed by atoms with Crippen molar-refractivity contribution in [2.75, 3.05) is 0 Å². The van der Waals surface area contributed by atoms with Crippen LogP contribution in [-0.4, -0.2) is 25.3 Å². The molecule has 0 aliphatic heterocycles. The number of aromatic nitrogens is 4. The summed E-state index contributed by atoms with van der Waals surface area (Å²) in [6, 6.07) is 0.788. The van der Waals surface area contributed by atoms with Crippen LogP contribution in [0.3, 0.4) is 0 Å². The Balaban J connectivity index is 2.13. The van der Waals surface area contributed by atoms with Crippen molar-refractivity contribution in [2.24, 2.45) is 0 Å². The summed E-state index contributed by atoms with van der Waals surface area (Å²) >= 11 is 0. The molecule has 5 nitrogen and oxygen atoms in total. The molecule has 0 radical (unpaired) electrons. The minimum absolute atomic E-state index is 0.0342. The van der Waals surface area contributed by atoms with Gasteiger partial charge in [-0.15, -0.1) is 0 Å². The number of halogens is 6. The van der Waals surface area contributed by atoms with E-state index in [2.05, 4.69) is 10.1 Å². The third-order valence-corrected chi connectivity index (χ3v) is 3.74. The van der Waals surface area contributed by atoms with Gasteiger partial charge < -0.3 is 4.98 Å². The number of rotatable bonds is 3. The van der Waals surface area contributed by atoms with Crippen LogP contribution < -0.4 is 5.56 Å². The van der Waals surface area contributed by atoms with Crippen LogP contribution in [0.25, 0.3) is 16.8 Å². The van der Waals surface area contributed by atoms with Gasteiger partial charge in [-0.2, -0.15) is 31.4 Å². The van der Waals surface area contributed by atoms with Crippen molar-refractivity contribution in [2.45, 2.75) is 32.2 Å². The molecule has 0 saturated heterocycles. The molecule has 3 rings (SSSR count). The first kappa shape index (κ1) is 18.1. The number of nitrogens with one attached hydrogen (secondary N) is 1. The van der Waals surface area contributed by atoms with Crippen LogP contribution in [0.2, 0.25) is 0 Å². The molecule has 0 atom stereocenters. The zero-order valence-corrected chi connectivity index (χ0v) is 13.2. The first-order chi connectivity index (χ1) is 12.0. The molecule has 0 aliphatic rings. The van der Waals surface area contributed by atoms with E-state index in [1.165, 1.54) is 6.20 Å². The Morgan fingerprint density at radius 2 is 1.85 bits per heavy atom. The van der Waals surface area contributed by atoms with Gasteiger partial charge in [0.1, 0.15) is 5.65 Å². The fourth-order valence-electron chi connectivity index (χ4n) is 2.63. The Kier molecular flexibility index (Phi) is 4.12. The predicted molar refractivity (Wildman–Crippen MR) is 79.6 cm³/mol. The maximum absolute atomic E-state index is 13.4. The molecule has 0 saturated carbocycles. The molecule has 0 aliphatic carbocycles. The molecule has 0 aromatic carbocycles. The first-order valence-electron chi connectivity index (χ1n) is 7.37. The number of alkyl halides is 6. The highest BCUT2D eigenvalue weighted by molar-refractivity contribution is 5.68. The van der Waals surface area contributed by atoms with Gasteiger partial charge in [0.2, 0.25) is 0 Å². The fraction of sp³-hybridized carbons (Fsp3) is 0.333.